The summed E-state index contributed by atoms with van der Waals surface area (Å²) in [6.45, 7) is 0. The number of nitro benzene ring substituents is 1. The van der Waals surface area contributed by atoms with E-state index in [1.807, 2.05) is 0 Å². The molecule has 9 heteroatoms. The van der Waals surface area contributed by atoms with Gasteiger partial charge in [-0.3, -0.25) is 10.1 Å². The van der Waals surface area contributed by atoms with Crippen LogP contribution >= 0.6 is 0 Å². The topological polar surface area (TPSA) is 139 Å². The molecule has 0 radical (unpaired) electrons. The average Bonchev–Trinajstić information content (AvgIpc) is 2.41. The Morgan fingerprint density at radius 2 is 1.71 bits per heavy atom. The molecule has 0 heterocycles. The number of ether oxygens (including phenoxy) is 1. The molecule has 1 aromatic carbocycles. The fraction of sp³-hybridized carbons (Fsp3) is 0.500. The Morgan fingerprint density at radius 1 is 1.19 bits per heavy atom. The van der Waals surface area contributed by atoms with Crippen molar-refractivity contribution in [2.45, 2.75) is 37.8 Å². The molecule has 1 saturated carbocycles. The molecular weight excluding hydrogens is 298 g/mol. The van der Waals surface area contributed by atoms with Gasteiger partial charge < -0.3 is 10.5 Å². The summed E-state index contributed by atoms with van der Waals surface area (Å²) in [5.74, 6) is 0.359. The van der Waals surface area contributed by atoms with E-state index in [1.165, 1.54) is 6.07 Å². The molecule has 0 amide bonds. The molecule has 2 rings (SSSR count). The van der Waals surface area contributed by atoms with Gasteiger partial charge in [-0.25, -0.2) is 13.6 Å². The summed E-state index contributed by atoms with van der Waals surface area (Å²) >= 11 is 0. The zero-order chi connectivity index (χ0) is 15.8. The van der Waals surface area contributed by atoms with Crippen LogP contribution < -0.4 is 15.6 Å². The Balaban J connectivity index is 0.000000491. The molecule has 4 N–H and O–H groups in total. The summed E-state index contributed by atoms with van der Waals surface area (Å²) in [6, 6.07) is 6.75. The number of benzene rings is 1. The van der Waals surface area contributed by atoms with E-state index in [0.717, 1.165) is 25.7 Å². The fourth-order valence-electron chi connectivity index (χ4n) is 2.09. The SMILES string of the molecule is NC1CCC(Oc2ccccc2[N+](=O)[O-])CC1.N[SH](=O)=O. The highest BCUT2D eigenvalue weighted by Gasteiger charge is 2.22. The second-order valence-corrected chi connectivity index (χ2v) is 5.24. The zero-order valence-electron chi connectivity index (χ0n) is 11.4. The Kier molecular flexibility index (Phi) is 7.06. The summed E-state index contributed by atoms with van der Waals surface area (Å²) in [5, 5.41) is 14.9. The van der Waals surface area contributed by atoms with Crippen LogP contribution in [0.25, 0.3) is 0 Å². The number of nitrogens with two attached hydrogens (primary N) is 2. The van der Waals surface area contributed by atoms with Gasteiger partial charge in [0.2, 0.25) is 0 Å². The molecule has 0 unspecified atom stereocenters. The van der Waals surface area contributed by atoms with Crippen LogP contribution in [0.1, 0.15) is 25.7 Å². The minimum atomic E-state index is -2.62. The van der Waals surface area contributed by atoms with Gasteiger partial charge in [0.1, 0.15) is 0 Å². The van der Waals surface area contributed by atoms with Crippen molar-refractivity contribution in [1.82, 2.24) is 0 Å². The van der Waals surface area contributed by atoms with Crippen LogP contribution in [0, 0.1) is 10.1 Å². The highest BCUT2D eigenvalue weighted by molar-refractivity contribution is 7.69. The van der Waals surface area contributed by atoms with Gasteiger partial charge in [0, 0.05) is 12.1 Å². The largest absolute Gasteiger partial charge is 0.484 e. The molecule has 1 fully saturated rings. The lowest BCUT2D eigenvalue weighted by atomic mass is 9.94. The van der Waals surface area contributed by atoms with Gasteiger partial charge in [0.05, 0.1) is 11.0 Å². The van der Waals surface area contributed by atoms with Crippen molar-refractivity contribution in [2.75, 3.05) is 0 Å². The van der Waals surface area contributed by atoms with Gasteiger partial charge in [-0.1, -0.05) is 12.1 Å². The Morgan fingerprint density at radius 3 is 2.24 bits per heavy atom. The Hall–Kier alpha value is -1.71. The van der Waals surface area contributed by atoms with Crippen LogP contribution in [0.5, 0.6) is 5.75 Å². The molecule has 1 aliphatic rings. The van der Waals surface area contributed by atoms with Crippen LogP contribution in [0.2, 0.25) is 0 Å². The van der Waals surface area contributed by atoms with Crippen molar-refractivity contribution >= 4 is 16.6 Å². The van der Waals surface area contributed by atoms with Crippen LogP contribution in [0.15, 0.2) is 24.3 Å². The number of thiol groups is 1. The van der Waals surface area contributed by atoms with E-state index in [4.69, 9.17) is 18.9 Å². The van der Waals surface area contributed by atoms with Gasteiger partial charge in [-0.2, -0.15) is 0 Å². The number of rotatable bonds is 3. The van der Waals surface area contributed by atoms with Crippen molar-refractivity contribution in [3.8, 4) is 5.75 Å². The van der Waals surface area contributed by atoms with E-state index in [9.17, 15) is 10.1 Å². The molecule has 1 aromatic rings. The van der Waals surface area contributed by atoms with Gasteiger partial charge in [-0.05, 0) is 31.7 Å². The van der Waals surface area contributed by atoms with Gasteiger partial charge in [-0.15, -0.1) is 0 Å². The van der Waals surface area contributed by atoms with E-state index in [-0.39, 0.29) is 17.8 Å². The number of para-hydroxylation sites is 2. The quantitative estimate of drug-likeness (QED) is 0.426. The molecule has 0 spiro atoms. The standard InChI is InChI=1S/C12H16N2O3.H3NO2S/c13-9-5-7-10(8-6-9)17-12-4-2-1-3-11(12)14(15)16;1-4(2)3/h1-4,9-10H,5-8,13H2;4H,(H2,1,2,3). The summed E-state index contributed by atoms with van der Waals surface area (Å²) in [4.78, 5) is 10.4. The van der Waals surface area contributed by atoms with Crippen molar-refractivity contribution in [3.05, 3.63) is 34.4 Å². The molecular formula is C12H19N3O5S. The molecule has 8 nitrogen and oxygen atoms in total. The highest BCUT2D eigenvalue weighted by atomic mass is 32.2. The average molecular weight is 317 g/mol. The van der Waals surface area contributed by atoms with Crippen molar-refractivity contribution < 1.29 is 18.1 Å². The van der Waals surface area contributed by atoms with Crippen molar-refractivity contribution in [2.24, 2.45) is 10.9 Å². The van der Waals surface area contributed by atoms with E-state index in [2.05, 4.69) is 5.14 Å². The van der Waals surface area contributed by atoms with Crippen LogP contribution in [-0.2, 0) is 10.9 Å². The van der Waals surface area contributed by atoms with Crippen LogP contribution in [0.4, 0.5) is 5.69 Å². The van der Waals surface area contributed by atoms with E-state index < -0.39 is 15.8 Å². The van der Waals surface area contributed by atoms with Gasteiger partial charge in [0.15, 0.2) is 16.6 Å². The predicted molar refractivity (Wildman–Crippen MR) is 78.5 cm³/mol. The lowest BCUT2D eigenvalue weighted by Gasteiger charge is -2.26. The first kappa shape index (κ1) is 17.3. The highest BCUT2D eigenvalue weighted by Crippen LogP contribution is 2.30. The molecule has 21 heavy (non-hydrogen) atoms. The minimum Gasteiger partial charge on any atom is -0.484 e. The molecule has 0 atom stereocenters. The summed E-state index contributed by atoms with van der Waals surface area (Å²) in [5.41, 5.74) is 5.83. The molecule has 0 aromatic heterocycles. The summed E-state index contributed by atoms with van der Waals surface area (Å²) in [6.07, 6.45) is 3.63. The normalized spacial score (nSPS) is 21.3. The molecule has 0 bridgehead atoms. The second-order valence-electron chi connectivity index (χ2n) is 4.66. The van der Waals surface area contributed by atoms with E-state index in [1.54, 1.807) is 18.2 Å². The molecule has 0 aliphatic heterocycles. The first-order chi connectivity index (χ1) is 9.90. The van der Waals surface area contributed by atoms with E-state index >= 15 is 0 Å². The van der Waals surface area contributed by atoms with Crippen LogP contribution in [-0.4, -0.2) is 25.5 Å². The Bertz CT molecular complexity index is 533. The van der Waals surface area contributed by atoms with E-state index in [0.29, 0.717) is 5.75 Å². The first-order valence-electron chi connectivity index (χ1n) is 6.45. The summed E-state index contributed by atoms with van der Waals surface area (Å²) < 4.78 is 23.3. The Labute approximate surface area is 124 Å². The molecule has 118 valence electrons. The van der Waals surface area contributed by atoms with Crippen molar-refractivity contribution in [3.63, 3.8) is 0 Å². The smallest absolute Gasteiger partial charge is 0.310 e. The maximum absolute atomic E-state index is 10.8. The number of hydrogen-bond donors (Lipinski definition) is 3. The molecule has 0 saturated heterocycles. The van der Waals surface area contributed by atoms with Gasteiger partial charge >= 0.3 is 5.69 Å². The first-order valence-corrected chi connectivity index (χ1v) is 7.69. The molecule has 1 aliphatic carbocycles. The third-order valence-electron chi connectivity index (χ3n) is 3.07. The third-order valence-corrected chi connectivity index (χ3v) is 3.07. The number of hydrogen-bond acceptors (Lipinski definition) is 6. The minimum absolute atomic E-state index is 0.0300. The maximum Gasteiger partial charge on any atom is 0.310 e. The number of nitrogens with zero attached hydrogens (tertiary/aromatic N) is 1. The van der Waals surface area contributed by atoms with Crippen molar-refractivity contribution in [1.29, 1.82) is 0 Å². The van der Waals surface area contributed by atoms with Crippen LogP contribution in [0.3, 0.4) is 0 Å². The third kappa shape index (κ3) is 6.52. The maximum atomic E-state index is 10.8. The lowest BCUT2D eigenvalue weighted by molar-refractivity contribution is -0.386. The zero-order valence-corrected chi connectivity index (χ0v) is 12.3. The monoisotopic (exact) mass is 317 g/mol. The van der Waals surface area contributed by atoms with Gasteiger partial charge in [0.25, 0.3) is 0 Å². The lowest BCUT2D eigenvalue weighted by Crippen LogP contribution is -2.31. The predicted octanol–water partition coefficient (Wildman–Crippen LogP) is 0.715. The summed E-state index contributed by atoms with van der Waals surface area (Å²) in [7, 11) is -2.62. The second kappa shape index (κ2) is 8.55. The fourth-order valence-corrected chi connectivity index (χ4v) is 2.09. The number of nitro groups is 1.